The van der Waals surface area contributed by atoms with E-state index in [0.717, 1.165) is 30.0 Å². The largest absolute Gasteiger partial charge is 0.496 e. The zero-order valence-corrected chi connectivity index (χ0v) is 18.8. The van der Waals surface area contributed by atoms with Gasteiger partial charge < -0.3 is 15.0 Å². The molecule has 3 atom stereocenters. The number of carbonyl (C=O) groups excluding carboxylic acids is 2. The Balaban J connectivity index is 1.46. The summed E-state index contributed by atoms with van der Waals surface area (Å²) in [6.07, 6.45) is 1.68. The minimum absolute atomic E-state index is 0.00841. The third kappa shape index (κ3) is 4.64. The molecule has 0 radical (unpaired) electrons. The van der Waals surface area contributed by atoms with Gasteiger partial charge in [0.2, 0.25) is 11.8 Å². The molecule has 2 aliphatic heterocycles. The van der Waals surface area contributed by atoms with Gasteiger partial charge in [0.05, 0.1) is 30.7 Å². The van der Waals surface area contributed by atoms with E-state index < -0.39 is 0 Å². The molecule has 3 unspecified atom stereocenters. The maximum absolute atomic E-state index is 13.2. The fraction of sp³-hybridized carbons (Fsp3) is 0.440. The Morgan fingerprint density at radius 3 is 2.62 bits per heavy atom. The maximum atomic E-state index is 13.2. The standard InChI is InChI=1S/C25H32N4O3/c1-3-15-28-16-20(24(30)26-14-13-18-9-7-8-12-22(18)32-2)23-21(17-28)25(31)29(27-23)19-10-5-4-6-11-19/h4-12,20-21,23,27H,3,13-17H2,1-2H3,(H,26,30). The average molecular weight is 437 g/mol. The summed E-state index contributed by atoms with van der Waals surface area (Å²) in [4.78, 5) is 28.7. The van der Waals surface area contributed by atoms with Crippen LogP contribution in [0.15, 0.2) is 54.6 Å². The summed E-state index contributed by atoms with van der Waals surface area (Å²) >= 11 is 0. The quantitative estimate of drug-likeness (QED) is 0.664. The van der Waals surface area contributed by atoms with Gasteiger partial charge in [0.25, 0.3) is 0 Å². The molecule has 0 aromatic heterocycles. The molecule has 0 spiro atoms. The van der Waals surface area contributed by atoms with Crippen LogP contribution in [0.4, 0.5) is 5.69 Å². The van der Waals surface area contributed by atoms with E-state index >= 15 is 0 Å². The lowest BCUT2D eigenvalue weighted by Gasteiger charge is -2.38. The number of amides is 2. The van der Waals surface area contributed by atoms with Crippen LogP contribution in [0.1, 0.15) is 18.9 Å². The van der Waals surface area contributed by atoms with Gasteiger partial charge in [-0.3, -0.25) is 9.59 Å². The van der Waals surface area contributed by atoms with Gasteiger partial charge in [0.1, 0.15) is 5.75 Å². The van der Waals surface area contributed by atoms with Crippen molar-refractivity contribution < 1.29 is 14.3 Å². The smallest absolute Gasteiger partial charge is 0.247 e. The number of hydrogen-bond acceptors (Lipinski definition) is 5. The van der Waals surface area contributed by atoms with Crippen molar-refractivity contribution in [1.29, 1.82) is 0 Å². The second kappa shape index (κ2) is 10.1. The summed E-state index contributed by atoms with van der Waals surface area (Å²) in [5.41, 5.74) is 5.23. The highest BCUT2D eigenvalue weighted by Crippen LogP contribution is 2.32. The fourth-order valence-corrected chi connectivity index (χ4v) is 4.81. The summed E-state index contributed by atoms with van der Waals surface area (Å²) < 4.78 is 5.41. The predicted molar refractivity (Wildman–Crippen MR) is 124 cm³/mol. The lowest BCUT2D eigenvalue weighted by molar-refractivity contribution is -0.129. The molecule has 2 saturated heterocycles. The molecule has 2 amide bonds. The third-order valence-electron chi connectivity index (χ3n) is 6.37. The molecule has 2 N–H and O–H groups in total. The molecular formula is C25H32N4O3. The SMILES string of the molecule is CCCN1CC(C(=O)NCCc2ccccc2OC)C2NN(c3ccccc3)C(=O)C2C1. The number of likely N-dealkylation sites (tertiary alicyclic amines) is 1. The van der Waals surface area contributed by atoms with Crippen LogP contribution in [0.25, 0.3) is 0 Å². The van der Waals surface area contributed by atoms with E-state index in [0.29, 0.717) is 26.1 Å². The van der Waals surface area contributed by atoms with Crippen LogP contribution >= 0.6 is 0 Å². The molecule has 2 aliphatic rings. The molecular weight excluding hydrogens is 404 g/mol. The van der Waals surface area contributed by atoms with E-state index in [-0.39, 0.29) is 29.7 Å². The number of hydrazine groups is 1. The van der Waals surface area contributed by atoms with E-state index in [1.165, 1.54) is 0 Å². The van der Waals surface area contributed by atoms with E-state index in [1.807, 2.05) is 54.6 Å². The van der Waals surface area contributed by atoms with Crippen molar-refractivity contribution in [2.45, 2.75) is 25.8 Å². The highest BCUT2D eigenvalue weighted by molar-refractivity contribution is 5.98. The van der Waals surface area contributed by atoms with Gasteiger partial charge in [-0.1, -0.05) is 43.3 Å². The first-order chi connectivity index (χ1) is 15.6. The van der Waals surface area contributed by atoms with Crippen LogP contribution in [0.5, 0.6) is 5.75 Å². The van der Waals surface area contributed by atoms with Crippen LogP contribution in [-0.4, -0.2) is 56.0 Å². The second-order valence-electron chi connectivity index (χ2n) is 8.49. The Hall–Kier alpha value is -2.90. The van der Waals surface area contributed by atoms with Crippen molar-refractivity contribution in [2.75, 3.05) is 38.3 Å². The van der Waals surface area contributed by atoms with E-state index in [4.69, 9.17) is 4.74 Å². The Bertz CT molecular complexity index is 936. The Labute approximate surface area is 189 Å². The molecule has 2 heterocycles. The molecule has 2 fully saturated rings. The molecule has 4 rings (SSSR count). The first-order valence-corrected chi connectivity index (χ1v) is 11.4. The molecule has 7 heteroatoms. The van der Waals surface area contributed by atoms with Crippen LogP contribution in [0, 0.1) is 11.8 Å². The van der Waals surface area contributed by atoms with Crippen molar-refractivity contribution in [3.8, 4) is 5.75 Å². The molecule has 7 nitrogen and oxygen atoms in total. The highest BCUT2D eigenvalue weighted by atomic mass is 16.5. The summed E-state index contributed by atoms with van der Waals surface area (Å²) in [6.45, 7) is 4.86. The molecule has 32 heavy (non-hydrogen) atoms. The number of piperidine rings is 1. The summed E-state index contributed by atoms with van der Waals surface area (Å²) in [5.74, 6) is 0.325. The number of rotatable bonds is 8. The fourth-order valence-electron chi connectivity index (χ4n) is 4.81. The molecule has 0 aliphatic carbocycles. The summed E-state index contributed by atoms with van der Waals surface area (Å²) in [6, 6.07) is 17.2. The van der Waals surface area contributed by atoms with E-state index in [1.54, 1.807) is 12.1 Å². The lowest BCUT2D eigenvalue weighted by Crippen LogP contribution is -2.57. The number of methoxy groups -OCH3 is 1. The molecule has 0 bridgehead atoms. The van der Waals surface area contributed by atoms with Crippen LogP contribution in [-0.2, 0) is 16.0 Å². The molecule has 2 aromatic carbocycles. The van der Waals surface area contributed by atoms with Gasteiger partial charge in [0, 0.05) is 19.6 Å². The number of hydrogen-bond donors (Lipinski definition) is 2. The van der Waals surface area contributed by atoms with Gasteiger partial charge in [-0.05, 0) is 43.1 Å². The first-order valence-electron chi connectivity index (χ1n) is 11.4. The topological polar surface area (TPSA) is 73.9 Å². The van der Waals surface area contributed by atoms with Crippen molar-refractivity contribution in [2.24, 2.45) is 11.8 Å². The number of para-hydroxylation sites is 2. The van der Waals surface area contributed by atoms with Gasteiger partial charge in [0.15, 0.2) is 0 Å². The number of anilines is 1. The van der Waals surface area contributed by atoms with Gasteiger partial charge >= 0.3 is 0 Å². The number of fused-ring (bicyclic) bond motifs is 1. The number of benzene rings is 2. The molecule has 2 aromatic rings. The van der Waals surface area contributed by atoms with E-state index in [2.05, 4.69) is 22.6 Å². The van der Waals surface area contributed by atoms with Gasteiger partial charge in [-0.15, -0.1) is 0 Å². The Morgan fingerprint density at radius 1 is 1.12 bits per heavy atom. The summed E-state index contributed by atoms with van der Waals surface area (Å²) in [7, 11) is 1.66. The zero-order chi connectivity index (χ0) is 22.5. The van der Waals surface area contributed by atoms with Crippen LogP contribution in [0.3, 0.4) is 0 Å². The Kier molecular flexibility index (Phi) is 7.07. The predicted octanol–water partition coefficient (Wildman–Crippen LogP) is 2.23. The Morgan fingerprint density at radius 2 is 1.88 bits per heavy atom. The monoisotopic (exact) mass is 436 g/mol. The van der Waals surface area contributed by atoms with Crippen molar-refractivity contribution in [1.82, 2.24) is 15.6 Å². The minimum Gasteiger partial charge on any atom is -0.496 e. The normalized spacial score (nSPS) is 23.1. The third-order valence-corrected chi connectivity index (χ3v) is 6.37. The first kappa shape index (κ1) is 22.3. The number of carbonyl (C=O) groups is 2. The zero-order valence-electron chi connectivity index (χ0n) is 18.8. The highest BCUT2D eigenvalue weighted by Gasteiger charge is 2.50. The van der Waals surface area contributed by atoms with Gasteiger partial charge in [-0.2, -0.15) is 0 Å². The maximum Gasteiger partial charge on any atom is 0.247 e. The van der Waals surface area contributed by atoms with Crippen molar-refractivity contribution in [3.05, 3.63) is 60.2 Å². The second-order valence-corrected chi connectivity index (χ2v) is 8.49. The van der Waals surface area contributed by atoms with Crippen molar-refractivity contribution in [3.63, 3.8) is 0 Å². The summed E-state index contributed by atoms with van der Waals surface area (Å²) in [5, 5.41) is 4.73. The van der Waals surface area contributed by atoms with Crippen LogP contribution in [0.2, 0.25) is 0 Å². The van der Waals surface area contributed by atoms with Gasteiger partial charge in [-0.25, -0.2) is 10.4 Å². The van der Waals surface area contributed by atoms with E-state index in [9.17, 15) is 9.59 Å². The lowest BCUT2D eigenvalue weighted by atomic mass is 9.84. The number of ether oxygens (including phenoxy) is 1. The number of nitrogens with zero attached hydrogens (tertiary/aromatic N) is 2. The molecule has 170 valence electrons. The molecule has 0 saturated carbocycles. The average Bonchev–Trinajstić information content (AvgIpc) is 3.16. The minimum atomic E-state index is -0.296. The van der Waals surface area contributed by atoms with Crippen molar-refractivity contribution >= 4 is 17.5 Å². The number of nitrogens with one attached hydrogen (secondary N) is 2. The van der Waals surface area contributed by atoms with Crippen LogP contribution < -0.4 is 20.5 Å².